The van der Waals surface area contributed by atoms with Crippen LogP contribution in [-0.4, -0.2) is 13.1 Å². The Labute approximate surface area is 101 Å². The molecule has 15 heavy (non-hydrogen) atoms. The van der Waals surface area contributed by atoms with Crippen LogP contribution >= 0.6 is 15.9 Å². The Kier molecular flexibility index (Phi) is 3.68. The first-order valence-electron chi connectivity index (χ1n) is 5.72. The second-order valence-corrected chi connectivity index (χ2v) is 4.80. The van der Waals surface area contributed by atoms with Gasteiger partial charge in [0.2, 0.25) is 0 Å². The van der Waals surface area contributed by atoms with Crippen LogP contribution in [0.15, 0.2) is 18.2 Å². The molecule has 1 aliphatic heterocycles. The van der Waals surface area contributed by atoms with Gasteiger partial charge in [-0.05, 0) is 43.4 Å². The molecular formula is C13H18BrN. The predicted octanol–water partition coefficient (Wildman–Crippen LogP) is 3.88. The highest BCUT2D eigenvalue weighted by Gasteiger charge is 2.13. The Morgan fingerprint density at radius 2 is 1.93 bits per heavy atom. The summed E-state index contributed by atoms with van der Waals surface area (Å²) < 4.78 is 0. The third kappa shape index (κ3) is 2.36. The van der Waals surface area contributed by atoms with E-state index in [1.165, 1.54) is 49.2 Å². The number of hydrogen-bond acceptors (Lipinski definition) is 1. The molecule has 82 valence electrons. The smallest absolute Gasteiger partial charge is 0.0398 e. The summed E-state index contributed by atoms with van der Waals surface area (Å²) in [5.74, 6) is 0. The molecule has 2 rings (SSSR count). The summed E-state index contributed by atoms with van der Waals surface area (Å²) >= 11 is 3.55. The zero-order valence-corrected chi connectivity index (χ0v) is 10.9. The van der Waals surface area contributed by atoms with E-state index in [1.54, 1.807) is 0 Å². The number of anilines is 1. The fraction of sp³-hybridized carbons (Fsp3) is 0.538. The van der Waals surface area contributed by atoms with Gasteiger partial charge in [-0.2, -0.15) is 0 Å². The molecule has 2 heteroatoms. The molecule has 0 unspecified atom stereocenters. The van der Waals surface area contributed by atoms with Crippen molar-refractivity contribution < 1.29 is 0 Å². The van der Waals surface area contributed by atoms with Crippen molar-refractivity contribution in [3.8, 4) is 0 Å². The van der Waals surface area contributed by atoms with Gasteiger partial charge in [-0.25, -0.2) is 0 Å². The monoisotopic (exact) mass is 267 g/mol. The minimum atomic E-state index is 0.959. The number of nitrogens with zero attached hydrogens (tertiary/aromatic N) is 1. The number of rotatable bonds is 2. The first-order valence-corrected chi connectivity index (χ1v) is 6.84. The van der Waals surface area contributed by atoms with Crippen molar-refractivity contribution in [3.05, 3.63) is 29.3 Å². The Bertz CT molecular complexity index is 329. The minimum absolute atomic E-state index is 0.959. The molecule has 0 spiro atoms. The summed E-state index contributed by atoms with van der Waals surface area (Å²) in [4.78, 5) is 2.53. The average Bonchev–Trinajstić information content (AvgIpc) is 2.30. The highest BCUT2D eigenvalue weighted by molar-refractivity contribution is 9.08. The molecule has 1 heterocycles. The molecule has 1 fully saturated rings. The van der Waals surface area contributed by atoms with Crippen molar-refractivity contribution in [2.75, 3.05) is 18.0 Å². The average molecular weight is 268 g/mol. The lowest BCUT2D eigenvalue weighted by Crippen LogP contribution is -2.30. The van der Waals surface area contributed by atoms with Gasteiger partial charge in [-0.15, -0.1) is 0 Å². The van der Waals surface area contributed by atoms with E-state index < -0.39 is 0 Å². The molecule has 0 amide bonds. The fourth-order valence-corrected chi connectivity index (χ4v) is 2.90. The molecule has 1 nitrogen and oxygen atoms in total. The Hall–Kier alpha value is -0.500. The predicted molar refractivity (Wildman–Crippen MR) is 69.9 cm³/mol. The van der Waals surface area contributed by atoms with Gasteiger partial charge >= 0.3 is 0 Å². The van der Waals surface area contributed by atoms with Gasteiger partial charge in [-0.1, -0.05) is 28.1 Å². The van der Waals surface area contributed by atoms with Gasteiger partial charge in [0.25, 0.3) is 0 Å². The van der Waals surface area contributed by atoms with E-state index in [0.29, 0.717) is 0 Å². The lowest BCUT2D eigenvalue weighted by Gasteiger charge is -2.30. The molecule has 1 aromatic carbocycles. The van der Waals surface area contributed by atoms with Crippen molar-refractivity contribution in [1.29, 1.82) is 0 Å². The summed E-state index contributed by atoms with van der Waals surface area (Å²) in [6.07, 6.45) is 4.09. The molecule has 0 aromatic heterocycles. The van der Waals surface area contributed by atoms with E-state index in [9.17, 15) is 0 Å². The second-order valence-electron chi connectivity index (χ2n) is 4.24. The maximum Gasteiger partial charge on any atom is 0.0398 e. The number of piperidine rings is 1. The number of hydrogen-bond donors (Lipinski definition) is 0. The number of benzene rings is 1. The van der Waals surface area contributed by atoms with E-state index >= 15 is 0 Å². The van der Waals surface area contributed by atoms with Gasteiger partial charge in [-0.3, -0.25) is 0 Å². The standard InChI is InChI=1S/C13H18BrN/c1-11-12(10-14)6-5-7-13(11)15-8-3-2-4-9-15/h5-7H,2-4,8-10H2,1H3. The molecule has 0 bridgehead atoms. The molecule has 0 atom stereocenters. The van der Waals surface area contributed by atoms with E-state index in [1.807, 2.05) is 0 Å². The number of alkyl halides is 1. The Morgan fingerprint density at radius 1 is 1.20 bits per heavy atom. The van der Waals surface area contributed by atoms with Crippen LogP contribution in [0.25, 0.3) is 0 Å². The van der Waals surface area contributed by atoms with Crippen LogP contribution in [0.4, 0.5) is 5.69 Å². The van der Waals surface area contributed by atoms with Gasteiger partial charge in [0, 0.05) is 24.1 Å². The van der Waals surface area contributed by atoms with Gasteiger partial charge in [0.05, 0.1) is 0 Å². The summed E-state index contributed by atoms with van der Waals surface area (Å²) in [6.45, 7) is 4.69. The minimum Gasteiger partial charge on any atom is -0.371 e. The van der Waals surface area contributed by atoms with Gasteiger partial charge in [0.15, 0.2) is 0 Å². The van der Waals surface area contributed by atoms with Crippen LogP contribution in [0.5, 0.6) is 0 Å². The third-order valence-electron chi connectivity index (χ3n) is 3.26. The first-order chi connectivity index (χ1) is 7.33. The van der Waals surface area contributed by atoms with E-state index in [4.69, 9.17) is 0 Å². The SMILES string of the molecule is Cc1c(CBr)cccc1N1CCCCC1. The molecule has 1 aromatic rings. The normalized spacial score (nSPS) is 16.8. The summed E-state index contributed by atoms with van der Waals surface area (Å²) in [5, 5.41) is 0.959. The number of halogens is 1. The van der Waals surface area contributed by atoms with Crippen LogP contribution < -0.4 is 4.90 Å². The molecule has 1 aliphatic rings. The molecule has 0 N–H and O–H groups in total. The van der Waals surface area contributed by atoms with Crippen molar-refractivity contribution in [2.45, 2.75) is 31.5 Å². The largest absolute Gasteiger partial charge is 0.371 e. The van der Waals surface area contributed by atoms with E-state index in [0.717, 1.165) is 5.33 Å². The van der Waals surface area contributed by atoms with Gasteiger partial charge < -0.3 is 4.90 Å². The van der Waals surface area contributed by atoms with Crippen LogP contribution in [0.3, 0.4) is 0 Å². The zero-order chi connectivity index (χ0) is 10.7. The highest BCUT2D eigenvalue weighted by atomic mass is 79.9. The van der Waals surface area contributed by atoms with Gasteiger partial charge in [0.1, 0.15) is 0 Å². The van der Waals surface area contributed by atoms with Crippen LogP contribution in [0.2, 0.25) is 0 Å². The Balaban J connectivity index is 2.26. The maximum atomic E-state index is 3.55. The van der Waals surface area contributed by atoms with Crippen molar-refractivity contribution in [2.24, 2.45) is 0 Å². The van der Waals surface area contributed by atoms with Crippen LogP contribution in [0, 0.1) is 6.92 Å². The van der Waals surface area contributed by atoms with E-state index in [-0.39, 0.29) is 0 Å². The third-order valence-corrected chi connectivity index (χ3v) is 3.86. The van der Waals surface area contributed by atoms with Crippen molar-refractivity contribution in [1.82, 2.24) is 0 Å². The Morgan fingerprint density at radius 3 is 2.60 bits per heavy atom. The zero-order valence-electron chi connectivity index (χ0n) is 9.30. The van der Waals surface area contributed by atoms with Crippen LogP contribution in [-0.2, 0) is 5.33 Å². The first kappa shape index (κ1) is 11.0. The molecule has 1 saturated heterocycles. The second kappa shape index (κ2) is 5.02. The van der Waals surface area contributed by atoms with Crippen LogP contribution in [0.1, 0.15) is 30.4 Å². The maximum absolute atomic E-state index is 3.55. The van der Waals surface area contributed by atoms with E-state index in [2.05, 4.69) is 46.0 Å². The molecule has 0 aliphatic carbocycles. The quantitative estimate of drug-likeness (QED) is 0.736. The summed E-state index contributed by atoms with van der Waals surface area (Å²) in [7, 11) is 0. The molecular weight excluding hydrogens is 250 g/mol. The highest BCUT2D eigenvalue weighted by Crippen LogP contribution is 2.26. The summed E-state index contributed by atoms with van der Waals surface area (Å²) in [6, 6.07) is 6.64. The lowest BCUT2D eigenvalue weighted by atomic mass is 10.0. The van der Waals surface area contributed by atoms with Crippen molar-refractivity contribution in [3.63, 3.8) is 0 Å². The topological polar surface area (TPSA) is 3.24 Å². The molecule has 0 radical (unpaired) electrons. The van der Waals surface area contributed by atoms with Crippen molar-refractivity contribution >= 4 is 21.6 Å². The fourth-order valence-electron chi connectivity index (χ4n) is 2.29. The molecule has 0 saturated carbocycles. The summed E-state index contributed by atoms with van der Waals surface area (Å²) in [5.41, 5.74) is 4.29. The lowest BCUT2D eigenvalue weighted by molar-refractivity contribution is 0.577.